The van der Waals surface area contributed by atoms with Crippen LogP contribution in [0.4, 0.5) is 0 Å². The Kier molecular flexibility index (Phi) is 7.58. The van der Waals surface area contributed by atoms with E-state index in [1.807, 2.05) is 24.3 Å². The maximum atomic E-state index is 11.4. The van der Waals surface area contributed by atoms with E-state index in [9.17, 15) is 15.0 Å². The van der Waals surface area contributed by atoms with Crippen LogP contribution < -0.4 is 5.73 Å². The van der Waals surface area contributed by atoms with Gasteiger partial charge in [-0.2, -0.15) is 0 Å². The summed E-state index contributed by atoms with van der Waals surface area (Å²) in [6.45, 7) is 6.98. The first-order valence-electron chi connectivity index (χ1n) is 9.12. The molecule has 0 heterocycles. The van der Waals surface area contributed by atoms with Crippen molar-refractivity contribution in [3.63, 3.8) is 0 Å². The Bertz CT molecular complexity index is 761. The summed E-state index contributed by atoms with van der Waals surface area (Å²) in [7, 11) is 0. The summed E-state index contributed by atoms with van der Waals surface area (Å²) >= 11 is 0. The maximum Gasteiger partial charge on any atom is 0.252 e. The third-order valence-electron chi connectivity index (χ3n) is 4.76. The number of carbonyl (C=O) groups is 1. The molecule has 0 aliphatic rings. The molecule has 0 bridgehead atoms. The fourth-order valence-electron chi connectivity index (χ4n) is 3.09. The quantitative estimate of drug-likeness (QED) is 0.563. The van der Waals surface area contributed by atoms with Gasteiger partial charge in [-0.3, -0.25) is 9.69 Å². The number of benzene rings is 2. The van der Waals surface area contributed by atoms with E-state index in [0.29, 0.717) is 18.7 Å². The topological polar surface area (TPSA) is 86.8 Å². The van der Waals surface area contributed by atoms with Crippen LogP contribution in [0, 0.1) is 0 Å². The van der Waals surface area contributed by atoms with Gasteiger partial charge in [0.05, 0.1) is 11.7 Å². The lowest BCUT2D eigenvalue weighted by Crippen LogP contribution is -2.37. The molecule has 144 valence electrons. The minimum Gasteiger partial charge on any atom is -0.507 e. The third kappa shape index (κ3) is 5.94. The van der Waals surface area contributed by atoms with Crippen LogP contribution in [-0.2, 0) is 6.42 Å². The van der Waals surface area contributed by atoms with Crippen molar-refractivity contribution >= 4 is 5.91 Å². The summed E-state index contributed by atoms with van der Waals surface area (Å²) in [5.74, 6) is -0.904. The van der Waals surface area contributed by atoms with E-state index in [0.717, 1.165) is 12.8 Å². The summed E-state index contributed by atoms with van der Waals surface area (Å²) in [6.07, 6.45) is 2.92. The highest BCUT2D eigenvalue weighted by Crippen LogP contribution is 2.23. The van der Waals surface area contributed by atoms with Gasteiger partial charge >= 0.3 is 0 Å². The van der Waals surface area contributed by atoms with Crippen LogP contribution in [0.2, 0.25) is 0 Å². The first-order valence-corrected chi connectivity index (χ1v) is 9.12. The summed E-state index contributed by atoms with van der Waals surface area (Å²) in [5, 5.41) is 20.4. The van der Waals surface area contributed by atoms with E-state index in [-0.39, 0.29) is 17.4 Å². The molecular formula is C22H28N2O3. The number of nitrogens with two attached hydrogens (primary N) is 1. The number of aryl methyl sites for hydroxylation is 1. The molecule has 2 aromatic carbocycles. The molecule has 0 aliphatic carbocycles. The van der Waals surface area contributed by atoms with Gasteiger partial charge in [-0.15, -0.1) is 6.58 Å². The Hall–Kier alpha value is -2.63. The number of aliphatic hydroxyl groups is 1. The first-order chi connectivity index (χ1) is 12.9. The fraction of sp³-hybridized carbons (Fsp3) is 0.318. The SMILES string of the molecule is C=CCN(CC(O)c1ccc(O)c(C(N)=O)c1)C(C)CCc1ccccc1. The highest BCUT2D eigenvalue weighted by atomic mass is 16.3. The van der Waals surface area contributed by atoms with Crippen LogP contribution in [0.5, 0.6) is 5.75 Å². The third-order valence-corrected chi connectivity index (χ3v) is 4.76. The summed E-state index contributed by atoms with van der Waals surface area (Å²) in [6, 6.07) is 15.0. The van der Waals surface area contributed by atoms with Crippen LogP contribution in [0.3, 0.4) is 0 Å². The van der Waals surface area contributed by atoms with Crippen LogP contribution >= 0.6 is 0 Å². The molecular weight excluding hydrogens is 340 g/mol. The lowest BCUT2D eigenvalue weighted by Gasteiger charge is -2.30. The molecule has 0 saturated carbocycles. The van der Waals surface area contributed by atoms with Crippen molar-refractivity contribution in [2.75, 3.05) is 13.1 Å². The van der Waals surface area contributed by atoms with Gasteiger partial charge in [-0.25, -0.2) is 0 Å². The van der Waals surface area contributed by atoms with E-state index < -0.39 is 12.0 Å². The van der Waals surface area contributed by atoms with Gasteiger partial charge in [0.25, 0.3) is 5.91 Å². The normalized spacial score (nSPS) is 13.3. The second-order valence-corrected chi connectivity index (χ2v) is 6.77. The highest BCUT2D eigenvalue weighted by molar-refractivity contribution is 5.95. The fourth-order valence-corrected chi connectivity index (χ4v) is 3.09. The number of carbonyl (C=O) groups excluding carboxylic acids is 1. The number of nitrogens with zero attached hydrogens (tertiary/aromatic N) is 1. The number of primary amides is 1. The molecule has 5 heteroatoms. The van der Waals surface area contributed by atoms with Gasteiger partial charge in [0.2, 0.25) is 0 Å². The van der Waals surface area contributed by atoms with Crippen molar-refractivity contribution < 1.29 is 15.0 Å². The Balaban J connectivity index is 2.04. The molecule has 4 N–H and O–H groups in total. The molecule has 2 unspecified atom stereocenters. The Morgan fingerprint density at radius 1 is 1.26 bits per heavy atom. The van der Waals surface area contributed by atoms with Crippen molar-refractivity contribution in [3.8, 4) is 5.75 Å². The second kappa shape index (κ2) is 9.90. The van der Waals surface area contributed by atoms with Crippen LogP contribution in [0.15, 0.2) is 61.2 Å². The maximum absolute atomic E-state index is 11.4. The standard InChI is InChI=1S/C22H28N2O3/c1-3-13-24(16(2)9-10-17-7-5-4-6-8-17)15-21(26)18-11-12-20(25)19(14-18)22(23)27/h3-8,11-12,14,16,21,25-26H,1,9-10,13,15H2,2H3,(H2,23,27). The molecule has 0 aliphatic heterocycles. The number of rotatable bonds is 10. The number of phenols is 1. The molecule has 0 spiro atoms. The Morgan fingerprint density at radius 3 is 2.59 bits per heavy atom. The smallest absolute Gasteiger partial charge is 0.252 e. The van der Waals surface area contributed by atoms with Crippen molar-refractivity contribution in [1.82, 2.24) is 4.90 Å². The van der Waals surface area contributed by atoms with E-state index in [1.54, 1.807) is 6.07 Å². The van der Waals surface area contributed by atoms with Gasteiger partial charge in [-0.05, 0) is 43.0 Å². The Morgan fingerprint density at radius 2 is 1.96 bits per heavy atom. The number of aromatic hydroxyl groups is 1. The zero-order valence-electron chi connectivity index (χ0n) is 15.7. The predicted octanol–water partition coefficient (Wildman–Crippen LogP) is 3.03. The summed E-state index contributed by atoms with van der Waals surface area (Å²) < 4.78 is 0. The van der Waals surface area contributed by atoms with E-state index in [1.165, 1.54) is 17.7 Å². The second-order valence-electron chi connectivity index (χ2n) is 6.77. The molecule has 0 radical (unpaired) electrons. The van der Waals surface area contributed by atoms with E-state index in [2.05, 4.69) is 30.5 Å². The molecule has 1 amide bonds. The van der Waals surface area contributed by atoms with Crippen LogP contribution in [0.1, 0.15) is 40.9 Å². The molecule has 2 atom stereocenters. The average Bonchev–Trinajstić information content (AvgIpc) is 2.66. The average molecular weight is 368 g/mol. The van der Waals surface area contributed by atoms with Gasteiger partial charge in [-0.1, -0.05) is 42.5 Å². The molecule has 0 aromatic heterocycles. The van der Waals surface area contributed by atoms with Gasteiger partial charge in [0.1, 0.15) is 5.75 Å². The number of hydrogen-bond acceptors (Lipinski definition) is 4. The molecule has 0 saturated heterocycles. The number of hydrogen-bond donors (Lipinski definition) is 3. The number of amides is 1. The van der Waals surface area contributed by atoms with E-state index >= 15 is 0 Å². The lowest BCUT2D eigenvalue weighted by atomic mass is 10.0. The van der Waals surface area contributed by atoms with E-state index in [4.69, 9.17) is 5.73 Å². The monoisotopic (exact) mass is 368 g/mol. The predicted molar refractivity (Wildman–Crippen MR) is 108 cm³/mol. The molecule has 5 nitrogen and oxygen atoms in total. The highest BCUT2D eigenvalue weighted by Gasteiger charge is 2.19. The van der Waals surface area contributed by atoms with Crippen molar-refractivity contribution in [1.29, 1.82) is 0 Å². The van der Waals surface area contributed by atoms with Crippen molar-refractivity contribution in [2.45, 2.75) is 31.9 Å². The van der Waals surface area contributed by atoms with Crippen molar-refractivity contribution in [2.24, 2.45) is 5.73 Å². The van der Waals surface area contributed by atoms with Crippen molar-refractivity contribution in [3.05, 3.63) is 77.9 Å². The zero-order valence-corrected chi connectivity index (χ0v) is 15.7. The van der Waals surface area contributed by atoms with Crippen LogP contribution in [0.25, 0.3) is 0 Å². The zero-order chi connectivity index (χ0) is 19.8. The lowest BCUT2D eigenvalue weighted by molar-refractivity contribution is 0.0958. The molecule has 2 rings (SSSR count). The van der Waals surface area contributed by atoms with Gasteiger partial charge in [0.15, 0.2) is 0 Å². The Labute approximate surface area is 160 Å². The van der Waals surface area contributed by atoms with Gasteiger partial charge < -0.3 is 15.9 Å². The molecule has 2 aromatic rings. The van der Waals surface area contributed by atoms with Gasteiger partial charge in [0, 0.05) is 19.1 Å². The van der Waals surface area contributed by atoms with Crippen LogP contribution in [-0.4, -0.2) is 40.2 Å². The summed E-state index contributed by atoms with van der Waals surface area (Å²) in [5.41, 5.74) is 7.12. The minimum atomic E-state index is -0.803. The minimum absolute atomic E-state index is 0.0129. The number of aliphatic hydroxyl groups excluding tert-OH is 1. The summed E-state index contributed by atoms with van der Waals surface area (Å²) in [4.78, 5) is 13.6. The largest absolute Gasteiger partial charge is 0.507 e. The molecule has 27 heavy (non-hydrogen) atoms. The first kappa shape index (κ1) is 20.7. The molecule has 0 fully saturated rings.